The average molecular weight is 251 g/mol. The van der Waals surface area contributed by atoms with Crippen molar-refractivity contribution in [2.45, 2.75) is 0 Å². The van der Waals surface area contributed by atoms with Crippen molar-refractivity contribution < 1.29 is 9.53 Å². The Balaban J connectivity index is 2.11. The van der Waals surface area contributed by atoms with Crippen molar-refractivity contribution in [3.05, 3.63) is 60.2 Å². The van der Waals surface area contributed by atoms with Crippen molar-refractivity contribution in [1.29, 1.82) is 0 Å². The van der Waals surface area contributed by atoms with E-state index in [-0.39, 0.29) is 12.5 Å². The second-order valence-corrected chi connectivity index (χ2v) is 3.83. The number of terminal acetylenes is 1. The second kappa shape index (κ2) is 6.27. The number of amides is 1. The van der Waals surface area contributed by atoms with Crippen LogP contribution in [0.25, 0.3) is 0 Å². The van der Waals surface area contributed by atoms with Crippen molar-refractivity contribution in [2.75, 3.05) is 6.54 Å². The Morgan fingerprint density at radius 3 is 2.58 bits per heavy atom. The highest BCUT2D eigenvalue weighted by molar-refractivity contribution is 5.94. The van der Waals surface area contributed by atoms with Crippen LogP contribution >= 0.6 is 0 Å². The Hall–Kier alpha value is -2.73. The van der Waals surface area contributed by atoms with Gasteiger partial charge < -0.3 is 10.1 Å². The molecule has 0 saturated carbocycles. The lowest BCUT2D eigenvalue weighted by molar-refractivity contribution is 0.0958. The quantitative estimate of drug-likeness (QED) is 0.848. The van der Waals surface area contributed by atoms with Gasteiger partial charge in [-0.3, -0.25) is 4.79 Å². The molecular formula is C16H13NO2. The van der Waals surface area contributed by atoms with E-state index in [2.05, 4.69) is 11.2 Å². The minimum Gasteiger partial charge on any atom is -0.457 e. The summed E-state index contributed by atoms with van der Waals surface area (Å²) in [5.74, 6) is 3.48. The number of carbonyl (C=O) groups excluding carboxylic acids is 1. The number of ether oxygens (including phenoxy) is 1. The van der Waals surface area contributed by atoms with Gasteiger partial charge in [0.05, 0.1) is 6.54 Å². The van der Waals surface area contributed by atoms with Crippen LogP contribution in [0.4, 0.5) is 0 Å². The first-order valence-electron chi connectivity index (χ1n) is 5.84. The fraction of sp³-hybridized carbons (Fsp3) is 0.0625. The van der Waals surface area contributed by atoms with Crippen LogP contribution < -0.4 is 10.1 Å². The second-order valence-electron chi connectivity index (χ2n) is 3.83. The maximum Gasteiger partial charge on any atom is 0.252 e. The van der Waals surface area contributed by atoms with E-state index < -0.39 is 0 Å². The summed E-state index contributed by atoms with van der Waals surface area (Å²) in [7, 11) is 0. The summed E-state index contributed by atoms with van der Waals surface area (Å²) >= 11 is 0. The molecule has 3 heteroatoms. The number of benzene rings is 2. The van der Waals surface area contributed by atoms with Crippen LogP contribution in [0.1, 0.15) is 10.4 Å². The highest BCUT2D eigenvalue weighted by Gasteiger charge is 2.05. The maximum atomic E-state index is 11.7. The Morgan fingerprint density at radius 2 is 1.84 bits per heavy atom. The third kappa shape index (κ3) is 3.62. The van der Waals surface area contributed by atoms with Gasteiger partial charge in [-0.15, -0.1) is 6.42 Å². The van der Waals surface area contributed by atoms with Gasteiger partial charge in [0.15, 0.2) is 0 Å². The molecule has 2 aromatic carbocycles. The summed E-state index contributed by atoms with van der Waals surface area (Å²) in [6, 6.07) is 16.3. The number of nitrogens with one attached hydrogen (secondary N) is 1. The van der Waals surface area contributed by atoms with Crippen molar-refractivity contribution in [3.8, 4) is 23.8 Å². The van der Waals surface area contributed by atoms with Crippen LogP contribution in [0.2, 0.25) is 0 Å². The summed E-state index contributed by atoms with van der Waals surface area (Å²) < 4.78 is 5.65. The molecule has 0 aliphatic heterocycles. The first kappa shape index (κ1) is 12.7. The summed E-state index contributed by atoms with van der Waals surface area (Å²) in [6.07, 6.45) is 5.10. The lowest BCUT2D eigenvalue weighted by Gasteiger charge is -2.07. The minimum absolute atomic E-state index is 0.211. The third-order valence-electron chi connectivity index (χ3n) is 2.43. The smallest absolute Gasteiger partial charge is 0.252 e. The van der Waals surface area contributed by atoms with Crippen molar-refractivity contribution in [2.24, 2.45) is 0 Å². The van der Waals surface area contributed by atoms with Crippen molar-refractivity contribution >= 4 is 5.91 Å². The minimum atomic E-state index is -0.212. The number of hydrogen-bond donors (Lipinski definition) is 1. The van der Waals surface area contributed by atoms with Crippen molar-refractivity contribution in [1.82, 2.24) is 5.32 Å². The molecule has 94 valence electrons. The summed E-state index contributed by atoms with van der Waals surface area (Å²) in [5, 5.41) is 2.61. The number of carbonyl (C=O) groups is 1. The average Bonchev–Trinajstić information content (AvgIpc) is 2.46. The van der Waals surface area contributed by atoms with E-state index >= 15 is 0 Å². The van der Waals surface area contributed by atoms with Gasteiger partial charge in [-0.05, 0) is 30.3 Å². The van der Waals surface area contributed by atoms with Gasteiger partial charge in [-0.25, -0.2) is 0 Å². The SMILES string of the molecule is C#CCNC(=O)c1cccc(Oc2ccccc2)c1. The largest absolute Gasteiger partial charge is 0.457 e. The molecule has 0 fully saturated rings. The van der Waals surface area contributed by atoms with Gasteiger partial charge >= 0.3 is 0 Å². The molecule has 0 unspecified atom stereocenters. The Bertz CT molecular complexity index is 600. The van der Waals surface area contributed by atoms with E-state index in [1.807, 2.05) is 30.3 Å². The normalized spacial score (nSPS) is 9.42. The van der Waals surface area contributed by atoms with Gasteiger partial charge in [0.1, 0.15) is 11.5 Å². The van der Waals surface area contributed by atoms with Crippen LogP contribution in [0.15, 0.2) is 54.6 Å². The monoisotopic (exact) mass is 251 g/mol. The first-order chi connectivity index (χ1) is 9.29. The van der Waals surface area contributed by atoms with Gasteiger partial charge in [0, 0.05) is 5.56 Å². The predicted molar refractivity (Wildman–Crippen MR) is 74.1 cm³/mol. The Kier molecular flexibility index (Phi) is 4.20. The molecule has 0 saturated heterocycles. The molecule has 0 aromatic heterocycles. The molecule has 2 aromatic rings. The van der Waals surface area contributed by atoms with E-state index in [4.69, 9.17) is 11.2 Å². The van der Waals surface area contributed by atoms with Crippen LogP contribution in [0.3, 0.4) is 0 Å². The maximum absolute atomic E-state index is 11.7. The van der Waals surface area contributed by atoms with E-state index in [1.54, 1.807) is 24.3 Å². The number of rotatable bonds is 4. The molecule has 0 heterocycles. The summed E-state index contributed by atoms with van der Waals surface area (Å²) in [5.41, 5.74) is 0.517. The standard InChI is InChI=1S/C16H13NO2/c1-2-11-17-16(18)13-7-6-10-15(12-13)19-14-8-4-3-5-9-14/h1,3-10,12H,11H2,(H,17,18). The molecule has 1 amide bonds. The van der Waals surface area contributed by atoms with Crippen LogP contribution in [-0.2, 0) is 0 Å². The fourth-order valence-electron chi connectivity index (χ4n) is 1.56. The van der Waals surface area contributed by atoms with Gasteiger partial charge in [0.25, 0.3) is 5.91 Å². The van der Waals surface area contributed by atoms with Crippen LogP contribution in [0, 0.1) is 12.3 Å². The number of hydrogen-bond acceptors (Lipinski definition) is 2. The molecule has 19 heavy (non-hydrogen) atoms. The topological polar surface area (TPSA) is 38.3 Å². The fourth-order valence-corrected chi connectivity index (χ4v) is 1.56. The van der Waals surface area contributed by atoms with Gasteiger partial charge in [0.2, 0.25) is 0 Å². The number of para-hydroxylation sites is 1. The molecule has 1 N–H and O–H groups in total. The van der Waals surface area contributed by atoms with E-state index in [1.165, 1.54) is 0 Å². The lowest BCUT2D eigenvalue weighted by atomic mass is 10.2. The Morgan fingerprint density at radius 1 is 1.11 bits per heavy atom. The van der Waals surface area contributed by atoms with E-state index in [0.717, 1.165) is 5.75 Å². The van der Waals surface area contributed by atoms with Gasteiger partial charge in [-0.1, -0.05) is 30.2 Å². The zero-order valence-corrected chi connectivity index (χ0v) is 10.3. The summed E-state index contributed by atoms with van der Waals surface area (Å²) in [6.45, 7) is 0.211. The van der Waals surface area contributed by atoms with E-state index in [9.17, 15) is 4.79 Å². The zero-order valence-electron chi connectivity index (χ0n) is 10.3. The molecule has 2 rings (SSSR count). The predicted octanol–water partition coefficient (Wildman–Crippen LogP) is 2.84. The summed E-state index contributed by atoms with van der Waals surface area (Å²) in [4.78, 5) is 11.7. The van der Waals surface area contributed by atoms with E-state index in [0.29, 0.717) is 11.3 Å². The highest BCUT2D eigenvalue weighted by Crippen LogP contribution is 2.21. The molecule has 3 nitrogen and oxygen atoms in total. The van der Waals surface area contributed by atoms with Gasteiger partial charge in [-0.2, -0.15) is 0 Å². The van der Waals surface area contributed by atoms with Crippen LogP contribution in [-0.4, -0.2) is 12.5 Å². The Labute approximate surface area is 112 Å². The highest BCUT2D eigenvalue weighted by atomic mass is 16.5. The zero-order chi connectivity index (χ0) is 13.5. The molecule has 0 atom stereocenters. The molecule has 0 bridgehead atoms. The molecule has 0 aliphatic rings. The van der Waals surface area contributed by atoms with Crippen LogP contribution in [0.5, 0.6) is 11.5 Å². The lowest BCUT2D eigenvalue weighted by Crippen LogP contribution is -2.23. The van der Waals surface area contributed by atoms with Crippen molar-refractivity contribution in [3.63, 3.8) is 0 Å². The molecular weight excluding hydrogens is 238 g/mol. The first-order valence-corrected chi connectivity index (χ1v) is 5.84. The molecule has 0 aliphatic carbocycles. The molecule has 0 radical (unpaired) electrons. The molecule has 0 spiro atoms. The third-order valence-corrected chi connectivity index (χ3v) is 2.43.